The van der Waals surface area contributed by atoms with Gasteiger partial charge in [0.2, 0.25) is 0 Å². The third kappa shape index (κ3) is 8.28. The van der Waals surface area contributed by atoms with E-state index in [9.17, 15) is 0 Å². The number of hydrogen-bond acceptors (Lipinski definition) is 2. The molecule has 0 aliphatic carbocycles. The number of nitrogens with zero attached hydrogens (tertiary/aromatic N) is 4. The Bertz CT molecular complexity index is 686. The first-order valence-corrected chi connectivity index (χ1v) is 8.11. The normalized spacial score (nSPS) is 9.48. The van der Waals surface area contributed by atoms with Crippen LogP contribution in [0.2, 0.25) is 0 Å². The van der Waals surface area contributed by atoms with Gasteiger partial charge in [-0.2, -0.15) is 0 Å². The summed E-state index contributed by atoms with van der Waals surface area (Å²) in [6.45, 7) is 2.17. The number of rotatable bonds is 0. The van der Waals surface area contributed by atoms with Crippen molar-refractivity contribution in [3.8, 4) is 0 Å². The SMILES string of the molecule is CC(=O)O.CC(=O)O.Cn1ccn(C)[c]1=[Pd]=[c]1n(C)ccn1C. The van der Waals surface area contributed by atoms with Gasteiger partial charge in [0.1, 0.15) is 0 Å². The predicted molar refractivity (Wildman–Crippen MR) is 81.9 cm³/mol. The van der Waals surface area contributed by atoms with Crippen molar-refractivity contribution in [3.05, 3.63) is 32.6 Å². The molecule has 0 bridgehead atoms. The van der Waals surface area contributed by atoms with Gasteiger partial charge in [0, 0.05) is 13.8 Å². The molecule has 0 saturated heterocycles. The molecule has 0 aromatic carbocycles. The third-order valence-corrected chi connectivity index (χ3v) is 5.13. The van der Waals surface area contributed by atoms with E-state index in [0.29, 0.717) is 17.1 Å². The number of aryl methyl sites for hydroxylation is 4. The average molecular weight is 419 g/mol. The summed E-state index contributed by atoms with van der Waals surface area (Å²) in [5.41, 5.74) is 0. The zero-order valence-electron chi connectivity index (χ0n) is 14.1. The number of hydrogen-bond donors (Lipinski definition) is 2. The zero-order valence-corrected chi connectivity index (χ0v) is 15.7. The fraction of sp³-hybridized carbons (Fsp3) is 0.429. The second-order valence-corrected chi connectivity index (χ2v) is 6.42. The minimum atomic E-state index is -0.833. The first-order valence-electron chi connectivity index (χ1n) is 6.55. The van der Waals surface area contributed by atoms with Gasteiger partial charge in [-0.15, -0.1) is 0 Å². The van der Waals surface area contributed by atoms with Crippen LogP contribution in [0.5, 0.6) is 0 Å². The standard InChI is InChI=1S/2C5H8N2.2C2H4O2.Pd/c2*1-6-3-4-7(2)5-6;2*1-2(3)4;/h2*3-4H,1-2H3;2*1H3,(H,3,4);. The van der Waals surface area contributed by atoms with E-state index in [0.717, 1.165) is 13.8 Å². The Morgan fingerprint density at radius 3 is 1.09 bits per heavy atom. The number of carboxylic acid groups (broad SMARTS) is 2. The van der Waals surface area contributed by atoms with Crippen molar-refractivity contribution in [2.45, 2.75) is 13.8 Å². The Hall–Kier alpha value is -1.98. The molecule has 0 fully saturated rings. The van der Waals surface area contributed by atoms with E-state index >= 15 is 0 Å². The summed E-state index contributed by atoms with van der Waals surface area (Å²) in [7, 11) is 8.38. The molecule has 134 valence electrons. The Morgan fingerprint density at radius 1 is 0.739 bits per heavy atom. The van der Waals surface area contributed by atoms with Gasteiger partial charge in [-0.1, -0.05) is 0 Å². The van der Waals surface area contributed by atoms with Crippen LogP contribution in [-0.4, -0.2) is 40.4 Å². The Balaban J connectivity index is 0.000000509. The molecule has 9 heteroatoms. The minimum absolute atomic E-state index is 0.456. The van der Waals surface area contributed by atoms with E-state index in [1.165, 1.54) is 7.78 Å². The molecule has 0 aliphatic rings. The Morgan fingerprint density at radius 2 is 0.913 bits per heavy atom. The molecule has 2 N–H and O–H groups in total. The molecule has 0 saturated carbocycles. The van der Waals surface area contributed by atoms with Crippen molar-refractivity contribution < 1.29 is 36.9 Å². The van der Waals surface area contributed by atoms with Gasteiger partial charge in [-0.3, -0.25) is 9.59 Å². The molecule has 2 aromatic heterocycles. The van der Waals surface area contributed by atoms with Crippen LogP contribution in [0.3, 0.4) is 0 Å². The topological polar surface area (TPSA) is 94.3 Å². The van der Waals surface area contributed by atoms with Crippen LogP contribution < -0.4 is 0 Å². The Kier molecular flexibility index (Phi) is 9.07. The zero-order chi connectivity index (χ0) is 18.2. The first-order chi connectivity index (χ1) is 10.6. The van der Waals surface area contributed by atoms with E-state index in [4.69, 9.17) is 19.8 Å². The van der Waals surface area contributed by atoms with E-state index in [1.54, 1.807) is 0 Å². The second-order valence-electron chi connectivity index (χ2n) is 4.64. The average Bonchev–Trinajstić information content (AvgIpc) is 2.87. The summed E-state index contributed by atoms with van der Waals surface area (Å²) < 4.78 is 11.4. The monoisotopic (exact) mass is 418 g/mol. The van der Waals surface area contributed by atoms with Crippen molar-refractivity contribution in [1.29, 1.82) is 0 Å². The van der Waals surface area contributed by atoms with E-state index in [1.807, 2.05) is 0 Å². The summed E-state index contributed by atoms with van der Waals surface area (Å²) in [5, 5.41) is 14.8. The van der Waals surface area contributed by atoms with Crippen molar-refractivity contribution in [1.82, 2.24) is 18.3 Å². The number of carboxylic acids is 2. The number of imidazole rings is 2. The van der Waals surface area contributed by atoms with Gasteiger partial charge >= 0.3 is 96.1 Å². The molecular weight excluding hydrogens is 395 g/mol. The molecular formula is C14H24N4O4Pd. The molecule has 23 heavy (non-hydrogen) atoms. The van der Waals surface area contributed by atoms with E-state index in [2.05, 4.69) is 71.2 Å². The Labute approximate surface area is 142 Å². The second kappa shape index (κ2) is 9.92. The fourth-order valence-corrected chi connectivity index (χ4v) is 3.28. The molecule has 8 nitrogen and oxygen atoms in total. The van der Waals surface area contributed by atoms with Crippen molar-refractivity contribution in [3.63, 3.8) is 0 Å². The van der Waals surface area contributed by atoms with Crippen LogP contribution in [0.25, 0.3) is 0 Å². The predicted octanol–water partition coefficient (Wildman–Crippen LogP) is 1.07. The third-order valence-electron chi connectivity index (χ3n) is 2.25. The van der Waals surface area contributed by atoms with Crippen molar-refractivity contribution in [2.24, 2.45) is 28.2 Å². The van der Waals surface area contributed by atoms with Gasteiger partial charge in [0.25, 0.3) is 11.9 Å². The number of aliphatic carboxylic acids is 2. The van der Waals surface area contributed by atoms with Gasteiger partial charge in [-0.25, -0.2) is 0 Å². The van der Waals surface area contributed by atoms with Crippen molar-refractivity contribution >= 4 is 11.9 Å². The van der Waals surface area contributed by atoms with Crippen LogP contribution in [0.15, 0.2) is 24.8 Å². The van der Waals surface area contributed by atoms with Crippen LogP contribution in [0, 0.1) is 7.78 Å². The summed E-state index contributed by atoms with van der Waals surface area (Å²) in [6, 6.07) is 0. The summed E-state index contributed by atoms with van der Waals surface area (Å²) in [4.78, 5) is 18.0. The molecule has 0 aliphatic heterocycles. The van der Waals surface area contributed by atoms with Gasteiger partial charge < -0.3 is 10.2 Å². The molecule has 2 heterocycles. The summed E-state index contributed by atoms with van der Waals surface area (Å²) in [5.74, 6) is -1.67. The maximum absolute atomic E-state index is 9.00. The first kappa shape index (κ1) is 21.0. The van der Waals surface area contributed by atoms with Crippen LogP contribution >= 0.6 is 0 Å². The molecule has 2 aromatic rings. The maximum atomic E-state index is 9.00. The van der Waals surface area contributed by atoms with Gasteiger partial charge in [0.15, 0.2) is 0 Å². The quantitative estimate of drug-likeness (QED) is 0.626. The number of aromatic nitrogens is 4. The van der Waals surface area contributed by atoms with Crippen LogP contribution in [-0.2, 0) is 54.8 Å². The summed E-state index contributed by atoms with van der Waals surface area (Å²) >= 11 is 0.456. The van der Waals surface area contributed by atoms with Crippen LogP contribution in [0.1, 0.15) is 13.8 Å². The molecule has 0 spiro atoms. The number of carbonyl (C=O) groups is 2. The molecule has 0 atom stereocenters. The van der Waals surface area contributed by atoms with Crippen LogP contribution in [0.4, 0.5) is 0 Å². The molecule has 2 rings (SSSR count). The van der Waals surface area contributed by atoms with E-state index < -0.39 is 11.9 Å². The fourth-order valence-electron chi connectivity index (χ4n) is 1.41. The van der Waals surface area contributed by atoms with E-state index in [-0.39, 0.29) is 0 Å². The molecule has 0 unspecified atom stereocenters. The summed E-state index contributed by atoms with van der Waals surface area (Å²) in [6.07, 6.45) is 8.38. The molecule has 0 amide bonds. The molecule has 0 radical (unpaired) electrons. The van der Waals surface area contributed by atoms with Crippen molar-refractivity contribution in [2.75, 3.05) is 0 Å². The van der Waals surface area contributed by atoms with Gasteiger partial charge in [-0.05, 0) is 0 Å². The van der Waals surface area contributed by atoms with Gasteiger partial charge in [0.05, 0.1) is 0 Å².